The molecule has 8 nitrogen and oxygen atoms in total. The van der Waals surface area contributed by atoms with Crippen LogP contribution in [-0.4, -0.2) is 33.1 Å². The second-order valence-corrected chi connectivity index (χ2v) is 4.21. The second kappa shape index (κ2) is 6.15. The highest BCUT2D eigenvalue weighted by Crippen LogP contribution is 1.97. The van der Waals surface area contributed by atoms with E-state index >= 15 is 0 Å². The number of H-pyrrole nitrogens is 1. The number of halogens is 1. The van der Waals surface area contributed by atoms with Gasteiger partial charge in [0.05, 0.1) is 10.9 Å². The molecule has 0 bridgehead atoms. The van der Waals surface area contributed by atoms with Crippen LogP contribution >= 0.6 is 15.9 Å². The Labute approximate surface area is 109 Å². The highest BCUT2D eigenvalue weighted by molar-refractivity contribution is 9.10. The van der Waals surface area contributed by atoms with Crippen molar-refractivity contribution in [3.63, 3.8) is 0 Å². The highest BCUT2D eigenvalue weighted by Gasteiger charge is 2.07. The number of carbonyl (C=O) groups is 2. The maximum absolute atomic E-state index is 11.4. The SMILES string of the molecule is O=C(O)CCNC(=O)Cn1cc(Br)c(=O)[nH]c1=O. The standard InChI is InChI=1S/C9H10BrN3O5/c10-5-3-13(9(18)12-8(5)17)4-6(14)11-2-1-7(15)16/h3H,1-2,4H2,(H,11,14)(H,15,16)(H,12,17,18). The molecule has 0 saturated carbocycles. The smallest absolute Gasteiger partial charge is 0.328 e. The van der Waals surface area contributed by atoms with Crippen molar-refractivity contribution in [1.29, 1.82) is 0 Å². The highest BCUT2D eigenvalue weighted by atomic mass is 79.9. The van der Waals surface area contributed by atoms with Gasteiger partial charge in [-0.3, -0.25) is 23.9 Å². The molecule has 0 spiro atoms. The molecule has 0 aliphatic heterocycles. The van der Waals surface area contributed by atoms with Crippen LogP contribution in [0.4, 0.5) is 0 Å². The number of carbonyl (C=O) groups excluding carboxylic acids is 1. The Bertz CT molecular complexity index is 576. The average molecular weight is 320 g/mol. The summed E-state index contributed by atoms with van der Waals surface area (Å²) in [4.78, 5) is 46.0. The molecule has 1 aromatic rings. The summed E-state index contributed by atoms with van der Waals surface area (Å²) in [6.45, 7) is -0.318. The van der Waals surface area contributed by atoms with Gasteiger partial charge in [-0.05, 0) is 15.9 Å². The van der Waals surface area contributed by atoms with Crippen LogP contribution in [0.3, 0.4) is 0 Å². The molecule has 0 radical (unpaired) electrons. The molecular weight excluding hydrogens is 310 g/mol. The fourth-order valence-electron chi connectivity index (χ4n) is 1.12. The van der Waals surface area contributed by atoms with Crippen molar-refractivity contribution in [2.45, 2.75) is 13.0 Å². The minimum Gasteiger partial charge on any atom is -0.481 e. The third-order valence-corrected chi connectivity index (χ3v) is 2.51. The topological polar surface area (TPSA) is 121 Å². The van der Waals surface area contributed by atoms with Crippen molar-refractivity contribution in [1.82, 2.24) is 14.9 Å². The van der Waals surface area contributed by atoms with Gasteiger partial charge in [0.15, 0.2) is 0 Å². The van der Waals surface area contributed by atoms with Gasteiger partial charge < -0.3 is 10.4 Å². The van der Waals surface area contributed by atoms with Crippen LogP contribution in [0.2, 0.25) is 0 Å². The molecule has 3 N–H and O–H groups in total. The Hall–Kier alpha value is -1.90. The molecule has 0 aliphatic carbocycles. The number of hydrogen-bond acceptors (Lipinski definition) is 4. The third-order valence-electron chi connectivity index (χ3n) is 1.94. The molecule has 18 heavy (non-hydrogen) atoms. The van der Waals surface area contributed by atoms with Gasteiger partial charge in [-0.25, -0.2) is 4.79 Å². The molecule has 1 rings (SSSR count). The van der Waals surface area contributed by atoms with Gasteiger partial charge in [0.1, 0.15) is 6.54 Å². The maximum atomic E-state index is 11.4. The Kier molecular flexibility index (Phi) is 4.84. The predicted molar refractivity (Wildman–Crippen MR) is 64.3 cm³/mol. The first-order chi connectivity index (χ1) is 8.40. The van der Waals surface area contributed by atoms with E-state index in [9.17, 15) is 19.2 Å². The summed E-state index contributed by atoms with van der Waals surface area (Å²) in [5.41, 5.74) is -1.29. The van der Waals surface area contributed by atoms with E-state index in [1.807, 2.05) is 4.98 Å². The van der Waals surface area contributed by atoms with E-state index in [1.54, 1.807) is 0 Å². The Morgan fingerprint density at radius 1 is 1.44 bits per heavy atom. The van der Waals surface area contributed by atoms with Crippen molar-refractivity contribution >= 4 is 27.8 Å². The van der Waals surface area contributed by atoms with Gasteiger partial charge in [-0.2, -0.15) is 0 Å². The van der Waals surface area contributed by atoms with Crippen molar-refractivity contribution in [2.24, 2.45) is 0 Å². The zero-order valence-electron chi connectivity index (χ0n) is 9.10. The van der Waals surface area contributed by atoms with E-state index in [0.29, 0.717) is 0 Å². The molecule has 98 valence electrons. The Morgan fingerprint density at radius 3 is 2.72 bits per heavy atom. The predicted octanol–water partition coefficient (Wildman–Crippen LogP) is -1.11. The molecular formula is C9H10BrN3O5. The largest absolute Gasteiger partial charge is 0.481 e. The van der Waals surface area contributed by atoms with E-state index in [2.05, 4.69) is 21.2 Å². The third kappa shape index (κ3) is 4.17. The van der Waals surface area contributed by atoms with Crippen molar-refractivity contribution in [3.8, 4) is 0 Å². The first-order valence-corrected chi connectivity index (χ1v) is 5.67. The first-order valence-electron chi connectivity index (χ1n) is 4.88. The molecule has 0 aliphatic rings. The summed E-state index contributed by atoms with van der Waals surface area (Å²) in [5.74, 6) is -1.54. The van der Waals surface area contributed by atoms with Crippen LogP contribution in [0.5, 0.6) is 0 Å². The molecule has 9 heteroatoms. The number of nitrogens with zero attached hydrogens (tertiary/aromatic N) is 1. The van der Waals surface area contributed by atoms with Crippen LogP contribution in [0.15, 0.2) is 20.3 Å². The fourth-order valence-corrected chi connectivity index (χ4v) is 1.47. The van der Waals surface area contributed by atoms with Crippen LogP contribution in [0, 0.1) is 0 Å². The van der Waals surface area contributed by atoms with Crippen LogP contribution in [0.25, 0.3) is 0 Å². The van der Waals surface area contributed by atoms with E-state index in [4.69, 9.17) is 5.11 Å². The number of hydrogen-bond donors (Lipinski definition) is 3. The van der Waals surface area contributed by atoms with Gasteiger partial charge in [0.25, 0.3) is 5.56 Å². The normalized spacial score (nSPS) is 10.1. The van der Waals surface area contributed by atoms with Crippen molar-refractivity contribution < 1.29 is 14.7 Å². The van der Waals surface area contributed by atoms with Gasteiger partial charge >= 0.3 is 11.7 Å². The maximum Gasteiger partial charge on any atom is 0.328 e. The zero-order valence-corrected chi connectivity index (χ0v) is 10.7. The van der Waals surface area contributed by atoms with Crippen LogP contribution in [-0.2, 0) is 16.1 Å². The molecule has 0 saturated heterocycles. The monoisotopic (exact) mass is 319 g/mol. The lowest BCUT2D eigenvalue weighted by atomic mass is 10.4. The quantitative estimate of drug-likeness (QED) is 0.635. The zero-order chi connectivity index (χ0) is 13.7. The lowest BCUT2D eigenvalue weighted by Gasteiger charge is -2.06. The molecule has 1 amide bonds. The molecule has 0 atom stereocenters. The molecule has 0 aromatic carbocycles. The number of aromatic amines is 1. The van der Waals surface area contributed by atoms with Crippen LogP contribution < -0.4 is 16.6 Å². The average Bonchev–Trinajstić information content (AvgIpc) is 2.25. The number of amides is 1. The number of carboxylic acid groups (broad SMARTS) is 1. The fraction of sp³-hybridized carbons (Fsp3) is 0.333. The van der Waals surface area contributed by atoms with Crippen molar-refractivity contribution in [3.05, 3.63) is 31.5 Å². The lowest BCUT2D eigenvalue weighted by Crippen LogP contribution is -2.36. The Morgan fingerprint density at radius 2 is 2.11 bits per heavy atom. The summed E-state index contributed by atoms with van der Waals surface area (Å²) < 4.78 is 1.13. The Balaban J connectivity index is 2.65. The van der Waals surface area contributed by atoms with E-state index < -0.39 is 23.1 Å². The van der Waals surface area contributed by atoms with Gasteiger partial charge in [-0.1, -0.05) is 0 Å². The second-order valence-electron chi connectivity index (χ2n) is 3.36. The molecule has 1 heterocycles. The van der Waals surface area contributed by atoms with Crippen LogP contribution in [0.1, 0.15) is 6.42 Å². The summed E-state index contributed by atoms with van der Waals surface area (Å²) >= 11 is 2.93. The summed E-state index contributed by atoms with van der Waals surface area (Å²) in [5, 5.41) is 10.7. The minimum atomic E-state index is -1.03. The van der Waals surface area contributed by atoms with E-state index in [0.717, 1.165) is 4.57 Å². The number of aliphatic carboxylic acids is 1. The van der Waals surface area contributed by atoms with Gasteiger partial charge in [0, 0.05) is 12.7 Å². The summed E-state index contributed by atoms with van der Waals surface area (Å²) in [6, 6.07) is 0. The number of nitrogens with one attached hydrogen (secondary N) is 2. The lowest BCUT2D eigenvalue weighted by molar-refractivity contribution is -0.136. The number of carboxylic acids is 1. The van der Waals surface area contributed by atoms with Gasteiger partial charge in [0.2, 0.25) is 5.91 Å². The molecule has 0 unspecified atom stereocenters. The van der Waals surface area contributed by atoms with Crippen molar-refractivity contribution in [2.75, 3.05) is 6.54 Å². The molecule has 0 fully saturated rings. The van der Waals surface area contributed by atoms with Gasteiger partial charge in [-0.15, -0.1) is 0 Å². The minimum absolute atomic E-state index is 0.0204. The number of rotatable bonds is 5. The number of aromatic nitrogens is 2. The summed E-state index contributed by atoms with van der Waals surface area (Å²) in [7, 11) is 0. The first kappa shape index (κ1) is 14.2. The van der Waals surface area contributed by atoms with E-state index in [-0.39, 0.29) is 24.0 Å². The summed E-state index contributed by atoms with van der Waals surface area (Å²) in [6.07, 6.45) is 0.994. The molecule has 1 aromatic heterocycles. The van der Waals surface area contributed by atoms with E-state index in [1.165, 1.54) is 6.20 Å².